The quantitative estimate of drug-likeness (QED) is 0.819. The summed E-state index contributed by atoms with van der Waals surface area (Å²) in [5, 5.41) is 6.25. The van der Waals surface area contributed by atoms with Gasteiger partial charge < -0.3 is 10.6 Å². The van der Waals surface area contributed by atoms with E-state index in [1.807, 2.05) is 12.1 Å². The number of benzene rings is 2. The van der Waals surface area contributed by atoms with Crippen molar-refractivity contribution in [3.8, 4) is 0 Å². The van der Waals surface area contributed by atoms with E-state index in [-0.39, 0.29) is 10.6 Å². The molecule has 0 radical (unpaired) electrons. The zero-order valence-corrected chi connectivity index (χ0v) is 13.4. The minimum Gasteiger partial charge on any atom is -0.382 e. The van der Waals surface area contributed by atoms with E-state index >= 15 is 0 Å². The first-order valence-corrected chi connectivity index (χ1v) is 8.13. The lowest BCUT2D eigenvalue weighted by Crippen LogP contribution is -2.15. The van der Waals surface area contributed by atoms with Crippen LogP contribution in [-0.4, -0.2) is 11.9 Å². The molecule has 0 saturated heterocycles. The van der Waals surface area contributed by atoms with Crippen molar-refractivity contribution in [1.29, 1.82) is 0 Å². The summed E-state index contributed by atoms with van der Waals surface area (Å²) in [5.41, 5.74) is 1.49. The molecular formula is C18H18ClFN2O. The zero-order chi connectivity index (χ0) is 16.2. The molecule has 1 aliphatic rings. The van der Waals surface area contributed by atoms with E-state index in [1.165, 1.54) is 43.9 Å². The van der Waals surface area contributed by atoms with Gasteiger partial charge in [0.15, 0.2) is 0 Å². The van der Waals surface area contributed by atoms with Crippen LogP contribution in [0.4, 0.5) is 15.8 Å². The van der Waals surface area contributed by atoms with E-state index in [1.54, 1.807) is 12.1 Å². The van der Waals surface area contributed by atoms with Gasteiger partial charge in [-0.1, -0.05) is 30.5 Å². The van der Waals surface area contributed by atoms with E-state index in [2.05, 4.69) is 10.6 Å². The van der Waals surface area contributed by atoms with Gasteiger partial charge in [0.1, 0.15) is 5.82 Å². The van der Waals surface area contributed by atoms with E-state index in [0.29, 0.717) is 11.7 Å². The smallest absolute Gasteiger partial charge is 0.260 e. The number of nitrogens with one attached hydrogen (secondary N) is 2. The van der Waals surface area contributed by atoms with Crippen LogP contribution in [0, 0.1) is 5.82 Å². The molecule has 1 fully saturated rings. The first-order valence-electron chi connectivity index (χ1n) is 7.75. The van der Waals surface area contributed by atoms with Crippen LogP contribution in [-0.2, 0) is 0 Å². The van der Waals surface area contributed by atoms with Gasteiger partial charge in [-0.2, -0.15) is 0 Å². The summed E-state index contributed by atoms with van der Waals surface area (Å²) in [7, 11) is 0. The van der Waals surface area contributed by atoms with Gasteiger partial charge in [0, 0.05) is 17.4 Å². The van der Waals surface area contributed by atoms with Crippen molar-refractivity contribution in [3.63, 3.8) is 0 Å². The predicted octanol–water partition coefficient (Wildman–Crippen LogP) is 5.09. The van der Waals surface area contributed by atoms with Gasteiger partial charge in [-0.25, -0.2) is 4.39 Å². The van der Waals surface area contributed by atoms with Gasteiger partial charge in [0.25, 0.3) is 5.91 Å². The Morgan fingerprint density at radius 2 is 1.70 bits per heavy atom. The molecule has 1 saturated carbocycles. The maximum atomic E-state index is 13.7. The van der Waals surface area contributed by atoms with E-state index in [0.717, 1.165) is 5.69 Å². The highest BCUT2D eigenvalue weighted by Gasteiger charge is 2.16. The number of rotatable bonds is 4. The highest BCUT2D eigenvalue weighted by molar-refractivity contribution is 6.34. The lowest BCUT2D eigenvalue weighted by Gasteiger charge is -2.14. The summed E-state index contributed by atoms with van der Waals surface area (Å²) in [4.78, 5) is 12.2. The molecule has 0 unspecified atom stereocenters. The minimum atomic E-state index is -0.630. The first-order chi connectivity index (χ1) is 11.1. The van der Waals surface area contributed by atoms with Crippen molar-refractivity contribution in [2.75, 3.05) is 10.6 Å². The average molecular weight is 333 g/mol. The van der Waals surface area contributed by atoms with Crippen molar-refractivity contribution in [2.45, 2.75) is 31.7 Å². The maximum absolute atomic E-state index is 13.7. The summed E-state index contributed by atoms with van der Waals surface area (Å²) in [6, 6.07) is 12.1. The fourth-order valence-corrected chi connectivity index (χ4v) is 3.11. The number of halogens is 2. The van der Waals surface area contributed by atoms with Gasteiger partial charge in [-0.15, -0.1) is 0 Å². The molecule has 23 heavy (non-hydrogen) atoms. The molecule has 0 heterocycles. The molecule has 1 amide bonds. The molecule has 0 bridgehead atoms. The summed E-state index contributed by atoms with van der Waals surface area (Å²) in [6.45, 7) is 0. The lowest BCUT2D eigenvalue weighted by atomic mass is 10.2. The third-order valence-electron chi connectivity index (χ3n) is 4.06. The first kappa shape index (κ1) is 15.8. The average Bonchev–Trinajstić information content (AvgIpc) is 3.02. The number of carbonyl (C=O) groups excluding carboxylic acids is 1. The predicted molar refractivity (Wildman–Crippen MR) is 91.7 cm³/mol. The number of hydrogen-bond donors (Lipinski definition) is 2. The van der Waals surface area contributed by atoms with E-state index < -0.39 is 11.7 Å². The fraction of sp³-hybridized carbons (Fsp3) is 0.278. The highest BCUT2D eigenvalue weighted by Crippen LogP contribution is 2.24. The van der Waals surface area contributed by atoms with Crippen molar-refractivity contribution in [1.82, 2.24) is 0 Å². The molecule has 0 aromatic heterocycles. The van der Waals surface area contributed by atoms with Crippen LogP contribution in [0.15, 0.2) is 42.5 Å². The van der Waals surface area contributed by atoms with Crippen LogP contribution in [0.1, 0.15) is 36.0 Å². The summed E-state index contributed by atoms with van der Waals surface area (Å²) in [5.74, 6) is -1.18. The number of amides is 1. The SMILES string of the molecule is O=C(Nc1ccc(NC2CCCC2)cc1)c1c(F)cccc1Cl. The van der Waals surface area contributed by atoms with Crippen molar-refractivity contribution in [2.24, 2.45) is 0 Å². The third kappa shape index (κ3) is 3.82. The Labute approximate surface area is 139 Å². The standard InChI is InChI=1S/C18H18ClFN2O/c19-15-6-3-7-16(20)17(15)18(23)22-14-10-8-13(9-11-14)21-12-4-1-2-5-12/h3,6-12,21H,1-2,4-5H2,(H,22,23). The zero-order valence-electron chi connectivity index (χ0n) is 12.6. The Morgan fingerprint density at radius 3 is 2.35 bits per heavy atom. The van der Waals surface area contributed by atoms with E-state index in [4.69, 9.17) is 11.6 Å². The molecule has 2 aromatic carbocycles. The Bertz CT molecular complexity index is 676. The molecule has 0 spiro atoms. The maximum Gasteiger partial charge on any atom is 0.260 e. The van der Waals surface area contributed by atoms with Crippen LogP contribution in [0.3, 0.4) is 0 Å². The molecule has 0 atom stereocenters. The highest BCUT2D eigenvalue weighted by atomic mass is 35.5. The monoisotopic (exact) mass is 332 g/mol. The van der Waals surface area contributed by atoms with Gasteiger partial charge in [-0.05, 0) is 49.2 Å². The molecule has 2 N–H and O–H groups in total. The second-order valence-corrected chi connectivity index (χ2v) is 6.16. The number of anilines is 2. The van der Waals surface area contributed by atoms with Crippen LogP contribution in [0.25, 0.3) is 0 Å². The van der Waals surface area contributed by atoms with Crippen molar-refractivity contribution in [3.05, 3.63) is 58.9 Å². The van der Waals surface area contributed by atoms with Gasteiger partial charge in [-0.3, -0.25) is 4.79 Å². The molecule has 3 nitrogen and oxygen atoms in total. The van der Waals surface area contributed by atoms with E-state index in [9.17, 15) is 9.18 Å². The minimum absolute atomic E-state index is 0.0991. The number of carbonyl (C=O) groups is 1. The summed E-state index contributed by atoms with van der Waals surface area (Å²) >= 11 is 5.90. The van der Waals surface area contributed by atoms with Crippen LogP contribution in [0.2, 0.25) is 5.02 Å². The molecule has 3 rings (SSSR count). The fourth-order valence-electron chi connectivity index (χ4n) is 2.86. The second-order valence-electron chi connectivity index (χ2n) is 5.75. The lowest BCUT2D eigenvalue weighted by molar-refractivity contribution is 0.102. The summed E-state index contributed by atoms with van der Waals surface area (Å²) in [6.07, 6.45) is 4.94. The Hall–Kier alpha value is -2.07. The molecule has 5 heteroatoms. The Kier molecular flexibility index (Phi) is 4.82. The van der Waals surface area contributed by atoms with Crippen LogP contribution < -0.4 is 10.6 Å². The summed E-state index contributed by atoms with van der Waals surface area (Å²) < 4.78 is 13.7. The third-order valence-corrected chi connectivity index (χ3v) is 4.37. The van der Waals surface area contributed by atoms with Gasteiger partial charge >= 0.3 is 0 Å². The largest absolute Gasteiger partial charge is 0.382 e. The normalized spacial score (nSPS) is 14.7. The molecule has 120 valence electrons. The molecule has 1 aliphatic carbocycles. The molecular weight excluding hydrogens is 315 g/mol. The Morgan fingerprint density at radius 1 is 1.04 bits per heavy atom. The van der Waals surface area contributed by atoms with Gasteiger partial charge in [0.05, 0.1) is 10.6 Å². The Balaban J connectivity index is 1.67. The van der Waals surface area contributed by atoms with Crippen molar-refractivity contribution < 1.29 is 9.18 Å². The molecule has 2 aromatic rings. The van der Waals surface area contributed by atoms with Crippen LogP contribution >= 0.6 is 11.6 Å². The second kappa shape index (κ2) is 7.01. The van der Waals surface area contributed by atoms with Gasteiger partial charge in [0.2, 0.25) is 0 Å². The molecule has 0 aliphatic heterocycles. The van der Waals surface area contributed by atoms with Crippen LogP contribution in [0.5, 0.6) is 0 Å². The topological polar surface area (TPSA) is 41.1 Å². The number of hydrogen-bond acceptors (Lipinski definition) is 2. The van der Waals surface area contributed by atoms with Crippen molar-refractivity contribution >= 4 is 28.9 Å².